The fraction of sp³-hybridized carbons (Fsp3) is 0.136. The Hall–Kier alpha value is -2.67. The minimum Gasteiger partial charge on any atom is -0.325 e. The van der Waals surface area contributed by atoms with E-state index in [4.69, 9.17) is 11.6 Å². The Morgan fingerprint density at radius 1 is 0.966 bits per heavy atom. The highest BCUT2D eigenvalue weighted by atomic mass is 35.5. The number of hydrogen-bond acceptors (Lipinski definition) is 3. The molecule has 0 spiro atoms. The monoisotopic (exact) mass is 428 g/mol. The van der Waals surface area contributed by atoms with E-state index in [-0.39, 0.29) is 18.0 Å². The molecular formula is C22H21ClN2O3S. The number of anilines is 1. The van der Waals surface area contributed by atoms with Gasteiger partial charge >= 0.3 is 0 Å². The lowest BCUT2D eigenvalue weighted by Gasteiger charge is -2.22. The zero-order chi connectivity index (χ0) is 20.9. The quantitative estimate of drug-likeness (QED) is 0.603. The number of halogens is 1. The zero-order valence-corrected chi connectivity index (χ0v) is 17.5. The summed E-state index contributed by atoms with van der Waals surface area (Å²) >= 11 is 6.11. The Labute approximate surface area is 176 Å². The smallest absolute Gasteiger partial charge is 0.243 e. The molecule has 0 unspecified atom stereocenters. The van der Waals surface area contributed by atoms with Gasteiger partial charge in [0, 0.05) is 17.3 Å². The van der Waals surface area contributed by atoms with Crippen molar-refractivity contribution in [1.29, 1.82) is 0 Å². The first kappa shape index (κ1) is 21.0. The Kier molecular flexibility index (Phi) is 6.69. The van der Waals surface area contributed by atoms with Gasteiger partial charge in [0.25, 0.3) is 0 Å². The lowest BCUT2D eigenvalue weighted by atomic mass is 10.2. The van der Waals surface area contributed by atoms with Crippen LogP contribution in [-0.4, -0.2) is 25.2 Å². The van der Waals surface area contributed by atoms with Gasteiger partial charge in [-0.2, -0.15) is 4.31 Å². The first-order chi connectivity index (χ1) is 13.9. The normalized spacial score (nSPS) is 11.4. The molecule has 0 fully saturated rings. The molecule has 0 saturated heterocycles. The molecule has 0 atom stereocenters. The van der Waals surface area contributed by atoms with Gasteiger partial charge in [-0.05, 0) is 42.3 Å². The van der Waals surface area contributed by atoms with E-state index in [0.29, 0.717) is 10.7 Å². The number of carbonyl (C=O) groups is 1. The second-order valence-corrected chi connectivity index (χ2v) is 8.93. The van der Waals surface area contributed by atoms with Gasteiger partial charge in [-0.3, -0.25) is 4.79 Å². The van der Waals surface area contributed by atoms with Crippen LogP contribution in [0.3, 0.4) is 0 Å². The summed E-state index contributed by atoms with van der Waals surface area (Å²) in [5.41, 5.74) is 2.20. The molecule has 3 aromatic rings. The number of nitrogens with zero attached hydrogens (tertiary/aromatic N) is 1. The molecule has 150 valence electrons. The molecule has 0 heterocycles. The van der Waals surface area contributed by atoms with Crippen molar-refractivity contribution >= 4 is 33.2 Å². The summed E-state index contributed by atoms with van der Waals surface area (Å²) < 4.78 is 27.5. The first-order valence-electron chi connectivity index (χ1n) is 9.01. The number of amides is 1. The van der Waals surface area contributed by atoms with E-state index in [0.717, 1.165) is 11.1 Å². The van der Waals surface area contributed by atoms with Gasteiger partial charge in [-0.1, -0.05) is 66.2 Å². The maximum absolute atomic E-state index is 13.1. The summed E-state index contributed by atoms with van der Waals surface area (Å²) in [4.78, 5) is 12.8. The number of nitrogens with one attached hydrogen (secondary N) is 1. The molecule has 0 aromatic heterocycles. The second-order valence-electron chi connectivity index (χ2n) is 6.58. The van der Waals surface area contributed by atoms with Gasteiger partial charge < -0.3 is 5.32 Å². The van der Waals surface area contributed by atoms with Crippen LogP contribution in [0.4, 0.5) is 5.69 Å². The van der Waals surface area contributed by atoms with Gasteiger partial charge in [-0.15, -0.1) is 0 Å². The Morgan fingerprint density at radius 3 is 2.21 bits per heavy atom. The van der Waals surface area contributed by atoms with Crippen molar-refractivity contribution in [3.63, 3.8) is 0 Å². The van der Waals surface area contributed by atoms with Crippen LogP contribution in [0.25, 0.3) is 0 Å². The average molecular weight is 429 g/mol. The largest absolute Gasteiger partial charge is 0.325 e. The van der Waals surface area contributed by atoms with Crippen LogP contribution in [0.1, 0.15) is 11.1 Å². The van der Waals surface area contributed by atoms with E-state index in [1.165, 1.54) is 16.4 Å². The van der Waals surface area contributed by atoms with Gasteiger partial charge in [0.2, 0.25) is 15.9 Å². The van der Waals surface area contributed by atoms with Crippen molar-refractivity contribution in [3.05, 3.63) is 95.0 Å². The van der Waals surface area contributed by atoms with Crippen LogP contribution in [0.15, 0.2) is 83.8 Å². The van der Waals surface area contributed by atoms with Crippen LogP contribution in [0.5, 0.6) is 0 Å². The number of rotatable bonds is 7. The van der Waals surface area contributed by atoms with Crippen LogP contribution < -0.4 is 5.32 Å². The molecule has 0 saturated carbocycles. The molecule has 0 radical (unpaired) electrons. The van der Waals surface area contributed by atoms with E-state index in [9.17, 15) is 13.2 Å². The second kappa shape index (κ2) is 9.22. The molecule has 3 rings (SSSR count). The third kappa shape index (κ3) is 5.44. The third-order valence-corrected chi connectivity index (χ3v) is 6.57. The predicted octanol–water partition coefficient (Wildman–Crippen LogP) is 4.48. The fourth-order valence-electron chi connectivity index (χ4n) is 2.79. The molecular weight excluding hydrogens is 408 g/mol. The van der Waals surface area contributed by atoms with Crippen molar-refractivity contribution in [2.45, 2.75) is 18.4 Å². The van der Waals surface area contributed by atoms with Crippen LogP contribution >= 0.6 is 11.6 Å². The van der Waals surface area contributed by atoms with Crippen molar-refractivity contribution in [3.8, 4) is 0 Å². The maximum atomic E-state index is 13.1. The molecule has 0 aliphatic rings. The fourth-order valence-corrected chi connectivity index (χ4v) is 4.37. The summed E-state index contributed by atoms with van der Waals surface area (Å²) in [6, 6.07) is 22.4. The summed E-state index contributed by atoms with van der Waals surface area (Å²) in [7, 11) is -3.86. The van der Waals surface area contributed by atoms with Crippen LogP contribution in [-0.2, 0) is 21.4 Å². The summed E-state index contributed by atoms with van der Waals surface area (Å²) in [6.07, 6.45) is 0. The van der Waals surface area contributed by atoms with Gasteiger partial charge in [0.1, 0.15) is 0 Å². The number of carbonyl (C=O) groups excluding carboxylic acids is 1. The maximum Gasteiger partial charge on any atom is 0.243 e. The number of hydrogen-bond donors (Lipinski definition) is 1. The Bertz CT molecular complexity index is 1090. The highest BCUT2D eigenvalue weighted by Crippen LogP contribution is 2.21. The van der Waals surface area contributed by atoms with E-state index in [2.05, 4.69) is 5.32 Å². The molecule has 3 aromatic carbocycles. The highest BCUT2D eigenvalue weighted by molar-refractivity contribution is 7.89. The lowest BCUT2D eigenvalue weighted by molar-refractivity contribution is -0.116. The molecule has 0 bridgehead atoms. The van der Waals surface area contributed by atoms with Gasteiger partial charge in [-0.25, -0.2) is 8.42 Å². The van der Waals surface area contributed by atoms with Crippen molar-refractivity contribution < 1.29 is 13.2 Å². The van der Waals surface area contributed by atoms with E-state index in [1.807, 2.05) is 37.3 Å². The molecule has 7 heteroatoms. The van der Waals surface area contributed by atoms with Crippen molar-refractivity contribution in [1.82, 2.24) is 4.31 Å². The number of aryl methyl sites for hydroxylation is 1. The summed E-state index contributed by atoms with van der Waals surface area (Å²) in [5, 5.41) is 3.25. The van der Waals surface area contributed by atoms with Crippen molar-refractivity contribution in [2.75, 3.05) is 11.9 Å². The van der Waals surface area contributed by atoms with Gasteiger partial charge in [0.05, 0.1) is 11.4 Å². The first-order valence-corrected chi connectivity index (χ1v) is 10.8. The zero-order valence-electron chi connectivity index (χ0n) is 15.9. The third-order valence-electron chi connectivity index (χ3n) is 4.36. The molecule has 1 amide bonds. The van der Waals surface area contributed by atoms with E-state index in [1.54, 1.807) is 36.4 Å². The molecule has 0 aliphatic heterocycles. The Balaban J connectivity index is 1.84. The number of benzene rings is 3. The van der Waals surface area contributed by atoms with Crippen LogP contribution in [0, 0.1) is 6.92 Å². The number of sulfonamides is 1. The SMILES string of the molecule is Cc1ccc(NC(=O)CN(Cc2ccccc2)S(=O)(=O)c2ccccc2)cc1Cl. The minimum atomic E-state index is -3.86. The lowest BCUT2D eigenvalue weighted by Crippen LogP contribution is -2.37. The Morgan fingerprint density at radius 2 is 1.59 bits per heavy atom. The van der Waals surface area contributed by atoms with Crippen LogP contribution in [0.2, 0.25) is 5.02 Å². The average Bonchev–Trinajstić information content (AvgIpc) is 2.72. The molecule has 5 nitrogen and oxygen atoms in total. The van der Waals surface area contributed by atoms with Crippen molar-refractivity contribution in [2.24, 2.45) is 0 Å². The minimum absolute atomic E-state index is 0.0835. The van der Waals surface area contributed by atoms with E-state index < -0.39 is 15.9 Å². The van der Waals surface area contributed by atoms with E-state index >= 15 is 0 Å². The predicted molar refractivity (Wildman–Crippen MR) is 115 cm³/mol. The molecule has 1 N–H and O–H groups in total. The molecule has 0 aliphatic carbocycles. The highest BCUT2D eigenvalue weighted by Gasteiger charge is 2.26. The van der Waals surface area contributed by atoms with Gasteiger partial charge in [0.15, 0.2) is 0 Å². The molecule has 29 heavy (non-hydrogen) atoms. The standard InChI is InChI=1S/C22H21ClN2O3S/c1-17-12-13-19(14-21(17)23)24-22(26)16-25(15-18-8-4-2-5-9-18)29(27,28)20-10-6-3-7-11-20/h2-14H,15-16H2,1H3,(H,24,26). The topological polar surface area (TPSA) is 66.5 Å². The summed E-state index contributed by atoms with van der Waals surface area (Å²) in [6.45, 7) is 1.62. The summed E-state index contributed by atoms with van der Waals surface area (Å²) in [5.74, 6) is -0.444.